The smallest absolute Gasteiger partial charge is 0.0963 e. The second kappa shape index (κ2) is 3.64. The van der Waals surface area contributed by atoms with E-state index in [1.807, 2.05) is 0 Å². The van der Waals surface area contributed by atoms with Crippen LogP contribution >= 0.6 is 11.6 Å². The predicted octanol–water partition coefficient (Wildman–Crippen LogP) is 2.49. The molecular weight excluding hydrogens is 186 g/mol. The standard InChI is InChI=1S/C10H12ClNO/c11-8-5-6-12-10-7(8)3-1-2-4-9(10)13/h5-6,9,13H,1-4H2. The van der Waals surface area contributed by atoms with Gasteiger partial charge in [0.2, 0.25) is 0 Å². The molecule has 0 radical (unpaired) electrons. The molecule has 1 atom stereocenters. The van der Waals surface area contributed by atoms with E-state index in [1.54, 1.807) is 12.3 Å². The maximum atomic E-state index is 9.74. The van der Waals surface area contributed by atoms with Crippen molar-refractivity contribution in [3.8, 4) is 0 Å². The number of fused-ring (bicyclic) bond motifs is 1. The number of rotatable bonds is 0. The summed E-state index contributed by atoms with van der Waals surface area (Å²) in [6, 6.07) is 1.79. The lowest BCUT2D eigenvalue weighted by Gasteiger charge is -2.10. The molecule has 0 spiro atoms. The molecule has 1 aromatic rings. The zero-order valence-corrected chi connectivity index (χ0v) is 8.09. The zero-order chi connectivity index (χ0) is 9.26. The van der Waals surface area contributed by atoms with E-state index in [2.05, 4.69) is 4.98 Å². The fourth-order valence-corrected chi connectivity index (χ4v) is 2.04. The lowest BCUT2D eigenvalue weighted by atomic mass is 10.1. The minimum Gasteiger partial charge on any atom is -0.387 e. The molecule has 0 saturated carbocycles. The summed E-state index contributed by atoms with van der Waals surface area (Å²) in [4.78, 5) is 4.19. The van der Waals surface area contributed by atoms with E-state index >= 15 is 0 Å². The van der Waals surface area contributed by atoms with Crippen LogP contribution < -0.4 is 0 Å². The number of aromatic nitrogens is 1. The van der Waals surface area contributed by atoms with Gasteiger partial charge in [-0.3, -0.25) is 4.98 Å². The number of hydrogen-bond donors (Lipinski definition) is 1. The molecule has 1 aromatic heterocycles. The zero-order valence-electron chi connectivity index (χ0n) is 7.33. The van der Waals surface area contributed by atoms with Gasteiger partial charge in [0.15, 0.2) is 0 Å². The van der Waals surface area contributed by atoms with Crippen molar-refractivity contribution in [2.75, 3.05) is 0 Å². The van der Waals surface area contributed by atoms with E-state index < -0.39 is 6.10 Å². The minimum absolute atomic E-state index is 0.420. The normalized spacial score (nSPS) is 22.2. The van der Waals surface area contributed by atoms with E-state index in [0.717, 1.165) is 42.0 Å². The first-order valence-electron chi connectivity index (χ1n) is 4.60. The Kier molecular flexibility index (Phi) is 2.51. The van der Waals surface area contributed by atoms with E-state index in [0.29, 0.717) is 0 Å². The predicted molar refractivity (Wildman–Crippen MR) is 51.8 cm³/mol. The largest absolute Gasteiger partial charge is 0.387 e. The van der Waals surface area contributed by atoms with Crippen LogP contribution in [0.25, 0.3) is 0 Å². The van der Waals surface area contributed by atoms with E-state index in [4.69, 9.17) is 11.6 Å². The van der Waals surface area contributed by atoms with Crippen molar-refractivity contribution in [3.63, 3.8) is 0 Å². The Morgan fingerprint density at radius 2 is 2.31 bits per heavy atom. The Morgan fingerprint density at radius 3 is 3.15 bits per heavy atom. The van der Waals surface area contributed by atoms with Crippen molar-refractivity contribution < 1.29 is 5.11 Å². The first-order chi connectivity index (χ1) is 6.29. The van der Waals surface area contributed by atoms with Crippen molar-refractivity contribution in [2.45, 2.75) is 31.8 Å². The molecule has 1 heterocycles. The molecule has 1 N–H and O–H groups in total. The molecule has 0 aliphatic heterocycles. The third-order valence-corrected chi connectivity index (χ3v) is 2.86. The Balaban J connectivity index is 2.47. The molecule has 0 amide bonds. The molecule has 1 aliphatic rings. The maximum absolute atomic E-state index is 9.74. The van der Waals surface area contributed by atoms with Crippen molar-refractivity contribution in [3.05, 3.63) is 28.5 Å². The van der Waals surface area contributed by atoms with Gasteiger partial charge in [-0.1, -0.05) is 18.0 Å². The summed E-state index contributed by atoms with van der Waals surface area (Å²) in [5, 5.41) is 10.5. The summed E-state index contributed by atoms with van der Waals surface area (Å²) in [6.07, 6.45) is 5.13. The Morgan fingerprint density at radius 1 is 1.46 bits per heavy atom. The molecule has 1 aliphatic carbocycles. The number of halogens is 1. The number of nitrogens with zero attached hydrogens (tertiary/aromatic N) is 1. The summed E-state index contributed by atoms with van der Waals surface area (Å²) < 4.78 is 0. The highest BCUT2D eigenvalue weighted by molar-refractivity contribution is 6.31. The Bertz CT molecular complexity index is 314. The quantitative estimate of drug-likeness (QED) is 0.649. The highest BCUT2D eigenvalue weighted by Gasteiger charge is 2.19. The molecule has 70 valence electrons. The van der Waals surface area contributed by atoms with Gasteiger partial charge in [0.25, 0.3) is 0 Å². The van der Waals surface area contributed by atoms with E-state index in [1.165, 1.54) is 0 Å². The van der Waals surface area contributed by atoms with Crippen LogP contribution in [0.15, 0.2) is 12.3 Å². The summed E-state index contributed by atoms with van der Waals surface area (Å²) in [7, 11) is 0. The Hall–Kier alpha value is -0.600. The number of aliphatic hydroxyl groups is 1. The summed E-state index contributed by atoms with van der Waals surface area (Å²) in [5.74, 6) is 0. The van der Waals surface area contributed by atoms with Gasteiger partial charge >= 0.3 is 0 Å². The van der Waals surface area contributed by atoms with Gasteiger partial charge in [0, 0.05) is 11.2 Å². The van der Waals surface area contributed by atoms with Gasteiger partial charge in [-0.25, -0.2) is 0 Å². The van der Waals surface area contributed by atoms with Gasteiger partial charge in [-0.15, -0.1) is 0 Å². The molecule has 2 nitrogen and oxygen atoms in total. The van der Waals surface area contributed by atoms with Crippen LogP contribution in [0.4, 0.5) is 0 Å². The van der Waals surface area contributed by atoms with Crippen LogP contribution in [0.1, 0.15) is 36.6 Å². The summed E-state index contributed by atoms with van der Waals surface area (Å²) in [6.45, 7) is 0. The van der Waals surface area contributed by atoms with Crippen LogP contribution in [0.3, 0.4) is 0 Å². The van der Waals surface area contributed by atoms with Crippen LogP contribution in [0.5, 0.6) is 0 Å². The topological polar surface area (TPSA) is 33.1 Å². The van der Waals surface area contributed by atoms with Crippen molar-refractivity contribution in [2.24, 2.45) is 0 Å². The number of pyridine rings is 1. The fraction of sp³-hybridized carbons (Fsp3) is 0.500. The van der Waals surface area contributed by atoms with Gasteiger partial charge in [0.05, 0.1) is 11.8 Å². The van der Waals surface area contributed by atoms with Gasteiger partial charge in [-0.2, -0.15) is 0 Å². The lowest BCUT2D eigenvalue weighted by Crippen LogP contribution is -2.02. The van der Waals surface area contributed by atoms with Crippen LogP contribution in [-0.4, -0.2) is 10.1 Å². The first-order valence-corrected chi connectivity index (χ1v) is 4.98. The van der Waals surface area contributed by atoms with E-state index in [9.17, 15) is 5.11 Å². The molecule has 0 fully saturated rings. The highest BCUT2D eigenvalue weighted by Crippen LogP contribution is 2.30. The minimum atomic E-state index is -0.420. The molecular formula is C10H12ClNO. The molecule has 1 unspecified atom stereocenters. The average molecular weight is 198 g/mol. The molecule has 0 aromatic carbocycles. The monoisotopic (exact) mass is 197 g/mol. The lowest BCUT2D eigenvalue weighted by molar-refractivity contribution is 0.162. The van der Waals surface area contributed by atoms with Crippen molar-refractivity contribution >= 4 is 11.6 Å². The second-order valence-electron chi connectivity index (χ2n) is 3.42. The summed E-state index contributed by atoms with van der Waals surface area (Å²) in [5.41, 5.74) is 1.82. The Labute approximate surface area is 82.6 Å². The second-order valence-corrected chi connectivity index (χ2v) is 3.83. The van der Waals surface area contributed by atoms with Crippen molar-refractivity contribution in [1.82, 2.24) is 4.98 Å². The third-order valence-electron chi connectivity index (χ3n) is 2.50. The van der Waals surface area contributed by atoms with Crippen LogP contribution in [0.2, 0.25) is 5.02 Å². The highest BCUT2D eigenvalue weighted by atomic mass is 35.5. The average Bonchev–Trinajstić information content (AvgIpc) is 2.30. The molecule has 13 heavy (non-hydrogen) atoms. The summed E-state index contributed by atoms with van der Waals surface area (Å²) >= 11 is 6.03. The molecule has 2 rings (SSSR count). The van der Waals surface area contributed by atoms with Crippen LogP contribution in [-0.2, 0) is 6.42 Å². The maximum Gasteiger partial charge on any atom is 0.0963 e. The SMILES string of the molecule is OC1CCCCc2c(Cl)ccnc21. The molecule has 0 saturated heterocycles. The fourth-order valence-electron chi connectivity index (χ4n) is 1.79. The number of hydrogen-bond acceptors (Lipinski definition) is 2. The van der Waals surface area contributed by atoms with E-state index in [-0.39, 0.29) is 0 Å². The van der Waals surface area contributed by atoms with Crippen LogP contribution in [0, 0.1) is 0 Å². The van der Waals surface area contributed by atoms with Gasteiger partial charge in [-0.05, 0) is 30.9 Å². The number of aliphatic hydroxyl groups excluding tert-OH is 1. The third kappa shape index (κ3) is 1.69. The first kappa shape index (κ1) is 8.97. The molecule has 0 bridgehead atoms. The molecule has 3 heteroatoms. The van der Waals surface area contributed by atoms with Gasteiger partial charge in [0.1, 0.15) is 0 Å². The van der Waals surface area contributed by atoms with Gasteiger partial charge < -0.3 is 5.11 Å². The van der Waals surface area contributed by atoms with Crippen molar-refractivity contribution in [1.29, 1.82) is 0 Å².